The molecule has 4 rings (SSSR count). The molecule has 1 aliphatic rings. The standard InChI is InChI=1S/C20H18ClFN4O/c21-15-4-2-14(3-5-15)20-16-7-9-23-10-8-19(16)26(24-20)12-13-1-6-18(25-27)17(22)11-13/h1-6,11,23H,7-10,12H2. The van der Waals surface area contributed by atoms with Crippen LogP contribution in [0.2, 0.25) is 5.02 Å². The van der Waals surface area contributed by atoms with Gasteiger partial charge in [0, 0.05) is 34.8 Å². The van der Waals surface area contributed by atoms with Crippen LogP contribution in [0.5, 0.6) is 0 Å². The van der Waals surface area contributed by atoms with E-state index in [1.165, 1.54) is 17.7 Å². The number of hydrogen-bond acceptors (Lipinski definition) is 4. The molecule has 0 amide bonds. The Morgan fingerprint density at radius 2 is 1.93 bits per heavy atom. The molecular weight excluding hydrogens is 367 g/mol. The van der Waals surface area contributed by atoms with Crippen molar-refractivity contribution in [1.29, 1.82) is 0 Å². The second-order valence-electron chi connectivity index (χ2n) is 6.57. The summed E-state index contributed by atoms with van der Waals surface area (Å²) in [6.45, 7) is 2.21. The summed E-state index contributed by atoms with van der Waals surface area (Å²) in [6.07, 6.45) is 1.74. The monoisotopic (exact) mass is 384 g/mol. The first kappa shape index (κ1) is 17.8. The summed E-state index contributed by atoms with van der Waals surface area (Å²) in [5, 5.41) is 11.6. The Hall–Kier alpha value is -2.57. The van der Waals surface area contributed by atoms with Crippen molar-refractivity contribution in [3.05, 3.63) is 75.0 Å². The Bertz CT molecular complexity index is 984. The van der Waals surface area contributed by atoms with E-state index >= 15 is 0 Å². The average molecular weight is 385 g/mol. The predicted octanol–water partition coefficient (Wildman–Crippen LogP) is 4.48. The zero-order chi connectivity index (χ0) is 18.8. The van der Waals surface area contributed by atoms with Gasteiger partial charge < -0.3 is 5.32 Å². The number of benzene rings is 2. The summed E-state index contributed by atoms with van der Waals surface area (Å²) < 4.78 is 15.9. The summed E-state index contributed by atoms with van der Waals surface area (Å²) >= 11 is 6.02. The molecule has 0 atom stereocenters. The van der Waals surface area contributed by atoms with E-state index in [4.69, 9.17) is 16.7 Å². The second-order valence-corrected chi connectivity index (χ2v) is 7.00. The number of aromatic nitrogens is 2. The van der Waals surface area contributed by atoms with Gasteiger partial charge in [0.1, 0.15) is 5.69 Å². The van der Waals surface area contributed by atoms with Gasteiger partial charge in [0.05, 0.1) is 12.2 Å². The number of nitrogens with one attached hydrogen (secondary N) is 1. The van der Waals surface area contributed by atoms with Crippen molar-refractivity contribution in [3.8, 4) is 11.3 Å². The van der Waals surface area contributed by atoms with Crippen molar-refractivity contribution < 1.29 is 4.39 Å². The van der Waals surface area contributed by atoms with E-state index in [1.807, 2.05) is 28.9 Å². The van der Waals surface area contributed by atoms with E-state index in [0.717, 1.165) is 48.4 Å². The van der Waals surface area contributed by atoms with Crippen LogP contribution in [0.3, 0.4) is 0 Å². The van der Waals surface area contributed by atoms with Crippen LogP contribution in [0, 0.1) is 10.7 Å². The van der Waals surface area contributed by atoms with Crippen LogP contribution in [-0.4, -0.2) is 22.9 Å². The summed E-state index contributed by atoms with van der Waals surface area (Å²) in [4.78, 5) is 10.6. The fraction of sp³-hybridized carbons (Fsp3) is 0.250. The maximum absolute atomic E-state index is 13.9. The quantitative estimate of drug-likeness (QED) is 0.675. The van der Waals surface area contributed by atoms with E-state index in [-0.39, 0.29) is 5.69 Å². The molecule has 3 aromatic rings. The van der Waals surface area contributed by atoms with Gasteiger partial charge >= 0.3 is 0 Å². The molecule has 0 saturated heterocycles. The van der Waals surface area contributed by atoms with E-state index in [1.54, 1.807) is 6.07 Å². The van der Waals surface area contributed by atoms with Gasteiger partial charge in [-0.2, -0.15) is 5.10 Å². The number of fused-ring (bicyclic) bond motifs is 1. The lowest BCUT2D eigenvalue weighted by atomic mass is 10.0. The number of nitroso groups, excluding NO2 is 1. The molecule has 1 N–H and O–H groups in total. The Morgan fingerprint density at radius 1 is 1.15 bits per heavy atom. The van der Waals surface area contributed by atoms with E-state index in [9.17, 15) is 9.30 Å². The maximum atomic E-state index is 13.9. The molecule has 1 aliphatic heterocycles. The fourth-order valence-corrected chi connectivity index (χ4v) is 3.61. The molecule has 0 unspecified atom stereocenters. The lowest BCUT2D eigenvalue weighted by molar-refractivity contribution is 0.610. The molecule has 7 heteroatoms. The third kappa shape index (κ3) is 3.63. The first-order valence-electron chi connectivity index (χ1n) is 8.82. The normalized spacial score (nSPS) is 13.9. The van der Waals surface area contributed by atoms with E-state index < -0.39 is 5.82 Å². The molecule has 27 heavy (non-hydrogen) atoms. The fourth-order valence-electron chi connectivity index (χ4n) is 3.49. The lowest BCUT2D eigenvalue weighted by Crippen LogP contribution is -2.17. The molecule has 0 spiro atoms. The van der Waals surface area contributed by atoms with E-state index in [0.29, 0.717) is 11.6 Å². The van der Waals surface area contributed by atoms with Crippen LogP contribution in [0.1, 0.15) is 16.8 Å². The number of rotatable bonds is 4. The largest absolute Gasteiger partial charge is 0.316 e. The molecule has 0 fully saturated rings. The van der Waals surface area contributed by atoms with Crippen LogP contribution >= 0.6 is 11.6 Å². The van der Waals surface area contributed by atoms with Crippen LogP contribution in [-0.2, 0) is 19.4 Å². The van der Waals surface area contributed by atoms with Crippen LogP contribution in [0.15, 0.2) is 47.6 Å². The van der Waals surface area contributed by atoms with Gasteiger partial charge in [-0.25, -0.2) is 4.39 Å². The minimum atomic E-state index is -0.611. The van der Waals surface area contributed by atoms with Gasteiger partial charge in [-0.05, 0) is 48.0 Å². The molecular formula is C20H18ClFN4O. The number of nitrogens with zero attached hydrogens (tertiary/aromatic N) is 3. The summed E-state index contributed by atoms with van der Waals surface area (Å²) in [6, 6.07) is 12.1. The van der Waals surface area contributed by atoms with Crippen molar-refractivity contribution in [3.63, 3.8) is 0 Å². The highest BCUT2D eigenvalue weighted by Crippen LogP contribution is 2.29. The summed E-state index contributed by atoms with van der Waals surface area (Å²) in [7, 11) is 0. The summed E-state index contributed by atoms with van der Waals surface area (Å²) in [5.74, 6) is -0.611. The Labute approximate surface area is 161 Å². The third-order valence-electron chi connectivity index (χ3n) is 4.82. The van der Waals surface area contributed by atoms with Crippen LogP contribution < -0.4 is 5.32 Å². The molecule has 2 heterocycles. The number of halogens is 2. The van der Waals surface area contributed by atoms with Gasteiger partial charge in [0.2, 0.25) is 0 Å². The van der Waals surface area contributed by atoms with Crippen molar-refractivity contribution in [2.75, 3.05) is 13.1 Å². The van der Waals surface area contributed by atoms with Gasteiger partial charge in [0.25, 0.3) is 0 Å². The average Bonchev–Trinajstić information content (AvgIpc) is 2.84. The second kappa shape index (κ2) is 7.58. The molecule has 5 nitrogen and oxygen atoms in total. The minimum Gasteiger partial charge on any atom is -0.316 e. The smallest absolute Gasteiger partial charge is 0.152 e. The Morgan fingerprint density at radius 3 is 2.67 bits per heavy atom. The third-order valence-corrected chi connectivity index (χ3v) is 5.07. The van der Waals surface area contributed by atoms with Crippen molar-refractivity contribution in [1.82, 2.24) is 15.1 Å². The Balaban J connectivity index is 1.75. The lowest BCUT2D eigenvalue weighted by Gasteiger charge is -2.08. The SMILES string of the molecule is O=Nc1ccc(Cn2nc(-c3ccc(Cl)cc3)c3c2CCNCC3)cc1F. The number of hydrogen-bond donors (Lipinski definition) is 1. The van der Waals surface area contributed by atoms with Crippen LogP contribution in [0.4, 0.5) is 10.1 Å². The molecule has 138 valence electrons. The molecule has 0 bridgehead atoms. The van der Waals surface area contributed by atoms with E-state index in [2.05, 4.69) is 10.5 Å². The predicted molar refractivity (Wildman–Crippen MR) is 104 cm³/mol. The highest BCUT2D eigenvalue weighted by atomic mass is 35.5. The summed E-state index contributed by atoms with van der Waals surface area (Å²) in [5.41, 5.74) is 4.89. The topological polar surface area (TPSA) is 59.3 Å². The van der Waals surface area contributed by atoms with Gasteiger partial charge in [-0.3, -0.25) is 4.68 Å². The van der Waals surface area contributed by atoms with Gasteiger partial charge in [0.15, 0.2) is 5.82 Å². The molecule has 2 aromatic carbocycles. The van der Waals surface area contributed by atoms with Crippen molar-refractivity contribution in [2.45, 2.75) is 19.4 Å². The Kier molecular flexibility index (Phi) is 5.01. The van der Waals surface area contributed by atoms with Crippen molar-refractivity contribution in [2.24, 2.45) is 5.18 Å². The minimum absolute atomic E-state index is 0.177. The van der Waals surface area contributed by atoms with Crippen molar-refractivity contribution >= 4 is 17.3 Å². The first-order valence-corrected chi connectivity index (χ1v) is 9.20. The highest BCUT2D eigenvalue weighted by Gasteiger charge is 2.21. The first-order chi connectivity index (χ1) is 13.2. The van der Waals surface area contributed by atoms with Gasteiger partial charge in [-0.1, -0.05) is 29.8 Å². The zero-order valence-corrected chi connectivity index (χ0v) is 15.3. The van der Waals surface area contributed by atoms with Gasteiger partial charge in [-0.15, -0.1) is 4.91 Å². The zero-order valence-electron chi connectivity index (χ0n) is 14.6. The highest BCUT2D eigenvalue weighted by molar-refractivity contribution is 6.30. The maximum Gasteiger partial charge on any atom is 0.152 e. The molecule has 0 aliphatic carbocycles. The van der Waals surface area contributed by atoms with Crippen LogP contribution in [0.25, 0.3) is 11.3 Å². The molecule has 0 radical (unpaired) electrons. The molecule has 1 aromatic heterocycles. The molecule has 0 saturated carbocycles.